The molecular formula is C6H15NO. The minimum absolute atomic E-state index is 0. The molecule has 2 heteroatoms. The van der Waals surface area contributed by atoms with Crippen molar-refractivity contribution in [2.75, 3.05) is 6.54 Å². The van der Waals surface area contributed by atoms with Crippen molar-refractivity contribution in [3.8, 4) is 0 Å². The Labute approximate surface area is 51.1 Å². The second kappa shape index (κ2) is 4.78. The maximum atomic E-state index is 10.4. The molecule has 50 valence electrons. The van der Waals surface area contributed by atoms with Crippen LogP contribution < -0.4 is 5.73 Å². The van der Waals surface area contributed by atoms with Gasteiger partial charge in [0.25, 0.3) is 0 Å². The van der Waals surface area contributed by atoms with Crippen molar-refractivity contribution < 1.29 is 4.79 Å². The van der Waals surface area contributed by atoms with Crippen LogP contribution in [0.15, 0.2) is 0 Å². The molecule has 0 aromatic carbocycles. The van der Waals surface area contributed by atoms with Crippen LogP contribution in [-0.2, 0) is 4.79 Å². The topological polar surface area (TPSA) is 43.1 Å². The zero-order chi connectivity index (χ0) is 5.86. The third-order valence-electron chi connectivity index (χ3n) is 0.845. The molecule has 0 atom stereocenters. The Bertz CT molecular complexity index is 68.9. The van der Waals surface area contributed by atoms with Gasteiger partial charge in [0.15, 0.2) is 0 Å². The lowest BCUT2D eigenvalue weighted by Crippen LogP contribution is -2.18. The molecule has 0 aliphatic carbocycles. The van der Waals surface area contributed by atoms with E-state index in [2.05, 4.69) is 0 Å². The molecule has 2 nitrogen and oxygen atoms in total. The fourth-order valence-corrected chi connectivity index (χ4v) is 0.236. The van der Waals surface area contributed by atoms with Crippen molar-refractivity contribution in [3.05, 3.63) is 0 Å². The van der Waals surface area contributed by atoms with Crippen molar-refractivity contribution in [2.45, 2.75) is 21.3 Å². The minimum atomic E-state index is 0. The van der Waals surface area contributed by atoms with E-state index in [0.29, 0.717) is 0 Å². The summed E-state index contributed by atoms with van der Waals surface area (Å²) in [5.41, 5.74) is 5.02. The van der Waals surface area contributed by atoms with E-state index in [-0.39, 0.29) is 25.7 Å². The monoisotopic (exact) mass is 117 g/mol. The Morgan fingerprint density at radius 2 is 2.00 bits per heavy atom. The third kappa shape index (κ3) is 3.81. The van der Waals surface area contributed by atoms with Crippen molar-refractivity contribution in [1.82, 2.24) is 0 Å². The lowest BCUT2D eigenvalue weighted by atomic mass is 10.1. The maximum absolute atomic E-state index is 10.4. The van der Waals surface area contributed by atoms with Crippen LogP contribution in [0, 0.1) is 5.92 Å². The van der Waals surface area contributed by atoms with Crippen LogP contribution in [0.5, 0.6) is 0 Å². The highest BCUT2D eigenvalue weighted by atomic mass is 16.1. The van der Waals surface area contributed by atoms with Gasteiger partial charge in [0, 0.05) is 5.92 Å². The number of ketones is 1. The molecule has 0 heterocycles. The highest BCUT2D eigenvalue weighted by Crippen LogP contribution is 1.89. The molecule has 0 aromatic heterocycles. The van der Waals surface area contributed by atoms with Gasteiger partial charge in [-0.15, -0.1) is 0 Å². The Morgan fingerprint density at radius 3 is 2.00 bits per heavy atom. The minimum Gasteiger partial charge on any atom is -0.324 e. The van der Waals surface area contributed by atoms with Crippen molar-refractivity contribution in [1.29, 1.82) is 0 Å². The lowest BCUT2D eigenvalue weighted by molar-refractivity contribution is -0.120. The molecule has 0 aliphatic heterocycles. The van der Waals surface area contributed by atoms with Crippen LogP contribution in [0.1, 0.15) is 21.3 Å². The maximum Gasteiger partial charge on any atom is 0.148 e. The second-order valence-corrected chi connectivity index (χ2v) is 1.83. The number of carbonyl (C=O) groups is 1. The normalized spacial score (nSPS) is 8.50. The molecular weight excluding hydrogens is 102 g/mol. The van der Waals surface area contributed by atoms with Gasteiger partial charge in [-0.25, -0.2) is 0 Å². The Balaban J connectivity index is 0. The fraction of sp³-hybridized carbons (Fsp3) is 0.833. The van der Waals surface area contributed by atoms with Crippen LogP contribution in [0.25, 0.3) is 0 Å². The standard InChI is InChI=1S/C5H11NO.CH4/c1-4(2)5(7)3-6;/h4H,3,6H2,1-2H3;1H4. The lowest BCUT2D eigenvalue weighted by Gasteiger charge is -1.96. The first-order valence-electron chi connectivity index (χ1n) is 2.41. The molecule has 0 spiro atoms. The van der Waals surface area contributed by atoms with Crippen molar-refractivity contribution in [2.24, 2.45) is 11.7 Å². The van der Waals surface area contributed by atoms with E-state index >= 15 is 0 Å². The molecule has 0 amide bonds. The van der Waals surface area contributed by atoms with Crippen LogP contribution in [-0.4, -0.2) is 12.3 Å². The summed E-state index contributed by atoms with van der Waals surface area (Å²) in [6, 6.07) is 0. The zero-order valence-electron chi connectivity index (χ0n) is 4.77. The van der Waals surface area contributed by atoms with Crippen molar-refractivity contribution >= 4 is 5.78 Å². The van der Waals surface area contributed by atoms with Crippen LogP contribution in [0.4, 0.5) is 0 Å². The summed E-state index contributed by atoms with van der Waals surface area (Å²) in [5, 5.41) is 0. The number of hydrogen-bond donors (Lipinski definition) is 1. The van der Waals surface area contributed by atoms with Gasteiger partial charge in [0.05, 0.1) is 6.54 Å². The molecule has 8 heavy (non-hydrogen) atoms. The molecule has 0 bridgehead atoms. The number of Topliss-reactive ketones (excluding diaryl/α,β-unsaturated/α-hetero) is 1. The smallest absolute Gasteiger partial charge is 0.148 e. The summed E-state index contributed by atoms with van der Waals surface area (Å²) >= 11 is 0. The van der Waals surface area contributed by atoms with Crippen LogP contribution in [0.2, 0.25) is 0 Å². The first-order valence-corrected chi connectivity index (χ1v) is 2.41. The molecule has 0 saturated carbocycles. The molecule has 0 saturated heterocycles. The summed E-state index contributed by atoms with van der Waals surface area (Å²) in [4.78, 5) is 10.4. The molecule has 2 N–H and O–H groups in total. The highest BCUT2D eigenvalue weighted by molar-refractivity contribution is 5.81. The SMILES string of the molecule is C.CC(C)C(=O)CN. The van der Waals surface area contributed by atoms with Crippen LogP contribution >= 0.6 is 0 Å². The molecule has 0 rings (SSSR count). The predicted octanol–water partition coefficient (Wildman–Crippen LogP) is 0.806. The summed E-state index contributed by atoms with van der Waals surface area (Å²) in [6.45, 7) is 3.86. The Kier molecular flexibility index (Phi) is 6.32. The Hall–Kier alpha value is -0.370. The van der Waals surface area contributed by atoms with E-state index in [9.17, 15) is 4.79 Å². The van der Waals surface area contributed by atoms with E-state index in [4.69, 9.17) is 5.73 Å². The van der Waals surface area contributed by atoms with Gasteiger partial charge in [0.1, 0.15) is 5.78 Å². The molecule has 0 aromatic rings. The average Bonchev–Trinajstić information content (AvgIpc) is 1.65. The van der Waals surface area contributed by atoms with Gasteiger partial charge >= 0.3 is 0 Å². The van der Waals surface area contributed by atoms with Gasteiger partial charge in [-0.3, -0.25) is 4.79 Å². The zero-order valence-corrected chi connectivity index (χ0v) is 4.77. The average molecular weight is 117 g/mol. The molecule has 0 unspecified atom stereocenters. The van der Waals surface area contributed by atoms with Crippen LogP contribution in [0.3, 0.4) is 0 Å². The first kappa shape index (κ1) is 10.6. The fourth-order valence-electron chi connectivity index (χ4n) is 0.236. The third-order valence-corrected chi connectivity index (χ3v) is 0.845. The van der Waals surface area contributed by atoms with Crippen molar-refractivity contribution in [3.63, 3.8) is 0 Å². The summed E-state index contributed by atoms with van der Waals surface area (Å²) in [6.07, 6.45) is 0. The van der Waals surface area contributed by atoms with E-state index in [1.165, 1.54) is 0 Å². The number of nitrogens with two attached hydrogens (primary N) is 1. The molecule has 0 radical (unpaired) electrons. The second-order valence-electron chi connectivity index (χ2n) is 1.83. The quantitative estimate of drug-likeness (QED) is 0.581. The summed E-state index contributed by atoms with van der Waals surface area (Å²) < 4.78 is 0. The number of carbonyl (C=O) groups excluding carboxylic acids is 1. The van der Waals surface area contributed by atoms with Gasteiger partial charge in [0.2, 0.25) is 0 Å². The highest BCUT2D eigenvalue weighted by Gasteiger charge is 2.01. The Morgan fingerprint density at radius 1 is 1.62 bits per heavy atom. The van der Waals surface area contributed by atoms with Gasteiger partial charge in [-0.1, -0.05) is 21.3 Å². The van der Waals surface area contributed by atoms with Gasteiger partial charge in [-0.2, -0.15) is 0 Å². The molecule has 0 aliphatic rings. The largest absolute Gasteiger partial charge is 0.324 e. The van der Waals surface area contributed by atoms with E-state index in [1.807, 2.05) is 13.8 Å². The molecule has 0 fully saturated rings. The van der Waals surface area contributed by atoms with E-state index in [1.54, 1.807) is 0 Å². The predicted molar refractivity (Wildman–Crippen MR) is 35.6 cm³/mol. The van der Waals surface area contributed by atoms with E-state index < -0.39 is 0 Å². The number of hydrogen-bond acceptors (Lipinski definition) is 2. The van der Waals surface area contributed by atoms with E-state index in [0.717, 1.165) is 0 Å². The first-order chi connectivity index (χ1) is 3.18. The van der Waals surface area contributed by atoms with Gasteiger partial charge < -0.3 is 5.73 Å². The number of rotatable bonds is 2. The summed E-state index contributed by atoms with van der Waals surface area (Å²) in [5.74, 6) is 0.227. The summed E-state index contributed by atoms with van der Waals surface area (Å²) in [7, 11) is 0. The van der Waals surface area contributed by atoms with Gasteiger partial charge in [-0.05, 0) is 0 Å².